The van der Waals surface area contributed by atoms with Crippen LogP contribution in [0.2, 0.25) is 0 Å². The molecule has 5 nitrogen and oxygen atoms in total. The molecular weight excluding hydrogens is 302 g/mol. The van der Waals surface area contributed by atoms with Gasteiger partial charge in [0.2, 0.25) is 0 Å². The Kier molecular flexibility index (Phi) is 3.69. The molecule has 0 unspecified atom stereocenters. The second-order valence-electron chi connectivity index (χ2n) is 5.01. The molecule has 0 fully saturated rings. The highest BCUT2D eigenvalue weighted by atomic mass is 19.1. The Morgan fingerprint density at radius 2 is 1.91 bits per heavy atom. The maximum absolute atomic E-state index is 14.1. The number of ether oxygens (including phenoxy) is 1. The molecule has 0 spiro atoms. The molecule has 7 heteroatoms. The quantitative estimate of drug-likeness (QED) is 0.574. The van der Waals surface area contributed by atoms with Crippen molar-refractivity contribution in [3.63, 3.8) is 0 Å². The van der Waals surface area contributed by atoms with Gasteiger partial charge in [-0.3, -0.25) is 10.1 Å². The van der Waals surface area contributed by atoms with Crippen molar-refractivity contribution in [2.75, 3.05) is 7.11 Å². The number of hydrogen-bond donors (Lipinski definition) is 2. The summed E-state index contributed by atoms with van der Waals surface area (Å²) in [5.41, 5.74) is 6.33. The predicted octanol–water partition coefficient (Wildman–Crippen LogP) is 2.66. The van der Waals surface area contributed by atoms with Gasteiger partial charge in [-0.15, -0.1) is 0 Å². The van der Waals surface area contributed by atoms with Gasteiger partial charge in [-0.1, -0.05) is 18.2 Å². The molecule has 0 atom stereocenters. The van der Waals surface area contributed by atoms with Gasteiger partial charge in [-0.05, 0) is 6.07 Å². The first-order chi connectivity index (χ1) is 11.0. The lowest BCUT2D eigenvalue weighted by Crippen LogP contribution is -2.13. The maximum Gasteiger partial charge on any atom is 0.144 e. The number of methoxy groups -OCH3 is 1. The summed E-state index contributed by atoms with van der Waals surface area (Å²) < 4.78 is 34.5. The van der Waals surface area contributed by atoms with Crippen LogP contribution in [0.4, 0.5) is 8.78 Å². The molecule has 3 aromatic rings. The fourth-order valence-electron chi connectivity index (χ4n) is 2.45. The molecule has 1 aromatic heterocycles. The molecule has 0 aliphatic carbocycles. The van der Waals surface area contributed by atoms with Crippen LogP contribution < -0.4 is 10.5 Å². The molecule has 2 aromatic carbocycles. The van der Waals surface area contributed by atoms with Gasteiger partial charge in [0.05, 0.1) is 19.2 Å². The molecule has 0 saturated heterocycles. The number of fused-ring (bicyclic) bond motifs is 1. The zero-order valence-electron chi connectivity index (χ0n) is 12.3. The SMILES string of the molecule is COc1cc(F)c(Cn2nc(C(=N)N)c3ccccc32)c(F)c1. The summed E-state index contributed by atoms with van der Waals surface area (Å²) in [6, 6.07) is 9.33. The average Bonchev–Trinajstić information content (AvgIpc) is 2.89. The van der Waals surface area contributed by atoms with Crippen molar-refractivity contribution in [1.82, 2.24) is 9.78 Å². The fraction of sp³-hybridized carbons (Fsp3) is 0.125. The molecule has 0 aliphatic heterocycles. The lowest BCUT2D eigenvalue weighted by molar-refractivity contribution is 0.404. The molecule has 0 saturated carbocycles. The Hall–Kier alpha value is -2.96. The first kappa shape index (κ1) is 15.0. The first-order valence-electron chi connectivity index (χ1n) is 6.83. The van der Waals surface area contributed by atoms with Gasteiger partial charge in [0.25, 0.3) is 0 Å². The summed E-state index contributed by atoms with van der Waals surface area (Å²) >= 11 is 0. The molecule has 0 bridgehead atoms. The number of rotatable bonds is 4. The predicted molar refractivity (Wildman–Crippen MR) is 82.8 cm³/mol. The van der Waals surface area contributed by atoms with Crippen molar-refractivity contribution < 1.29 is 13.5 Å². The van der Waals surface area contributed by atoms with E-state index in [1.165, 1.54) is 11.8 Å². The van der Waals surface area contributed by atoms with Crippen molar-refractivity contribution in [2.45, 2.75) is 6.54 Å². The van der Waals surface area contributed by atoms with Gasteiger partial charge >= 0.3 is 0 Å². The lowest BCUT2D eigenvalue weighted by Gasteiger charge is -2.08. The van der Waals surface area contributed by atoms with Crippen molar-refractivity contribution in [3.8, 4) is 5.75 Å². The van der Waals surface area contributed by atoms with Gasteiger partial charge in [-0.2, -0.15) is 5.10 Å². The summed E-state index contributed by atoms with van der Waals surface area (Å²) in [5.74, 6) is -1.52. The van der Waals surface area contributed by atoms with Crippen LogP contribution in [0.5, 0.6) is 5.75 Å². The van der Waals surface area contributed by atoms with E-state index in [-0.39, 0.29) is 29.4 Å². The Bertz CT molecular complexity index is 881. The van der Waals surface area contributed by atoms with E-state index in [4.69, 9.17) is 15.9 Å². The first-order valence-corrected chi connectivity index (χ1v) is 6.83. The molecule has 23 heavy (non-hydrogen) atoms. The fourth-order valence-corrected chi connectivity index (χ4v) is 2.45. The number of nitrogens with zero attached hydrogens (tertiary/aromatic N) is 2. The minimum Gasteiger partial charge on any atom is -0.497 e. The van der Waals surface area contributed by atoms with Crippen LogP contribution >= 0.6 is 0 Å². The highest BCUT2D eigenvalue weighted by Gasteiger charge is 2.17. The van der Waals surface area contributed by atoms with Crippen molar-refractivity contribution in [3.05, 3.63) is 59.3 Å². The molecular formula is C16H14F2N4O. The summed E-state index contributed by atoms with van der Waals surface area (Å²) in [5, 5.41) is 12.5. The Labute approximate surface area is 130 Å². The van der Waals surface area contributed by atoms with Gasteiger partial charge < -0.3 is 10.5 Å². The summed E-state index contributed by atoms with van der Waals surface area (Å²) in [6.45, 7) is -0.116. The number of amidine groups is 1. The van der Waals surface area contributed by atoms with Crippen LogP contribution in [-0.2, 0) is 6.54 Å². The van der Waals surface area contributed by atoms with Crippen LogP contribution in [0, 0.1) is 17.0 Å². The number of hydrogen-bond acceptors (Lipinski definition) is 3. The number of para-hydroxylation sites is 1. The third-order valence-corrected chi connectivity index (χ3v) is 3.57. The monoisotopic (exact) mass is 316 g/mol. The van der Waals surface area contributed by atoms with E-state index >= 15 is 0 Å². The molecule has 0 aliphatic rings. The number of nitrogens with two attached hydrogens (primary N) is 1. The van der Waals surface area contributed by atoms with E-state index in [2.05, 4.69) is 5.10 Å². The number of nitrogen functional groups attached to an aromatic ring is 1. The second kappa shape index (κ2) is 5.68. The minimum atomic E-state index is -0.717. The highest BCUT2D eigenvalue weighted by molar-refractivity contribution is 6.05. The molecule has 0 amide bonds. The highest BCUT2D eigenvalue weighted by Crippen LogP contribution is 2.24. The van der Waals surface area contributed by atoms with Crippen LogP contribution in [-0.4, -0.2) is 22.7 Å². The van der Waals surface area contributed by atoms with Gasteiger partial charge in [0.15, 0.2) is 0 Å². The van der Waals surface area contributed by atoms with Gasteiger partial charge in [0.1, 0.15) is 28.9 Å². The summed E-state index contributed by atoms with van der Waals surface area (Å²) in [7, 11) is 1.34. The van der Waals surface area contributed by atoms with Crippen LogP contribution in [0.15, 0.2) is 36.4 Å². The summed E-state index contributed by atoms with van der Waals surface area (Å²) in [4.78, 5) is 0. The second-order valence-corrected chi connectivity index (χ2v) is 5.01. The third-order valence-electron chi connectivity index (χ3n) is 3.57. The standard InChI is InChI=1S/C16H14F2N4O/c1-23-9-6-12(17)11(13(18)7-9)8-22-14-5-3-2-4-10(14)15(21-22)16(19)20/h2-7H,8H2,1H3,(H3,19,20). The maximum atomic E-state index is 14.1. The third kappa shape index (κ3) is 2.61. The molecule has 3 N–H and O–H groups in total. The minimum absolute atomic E-state index is 0.110. The van der Waals surface area contributed by atoms with Crippen LogP contribution in [0.1, 0.15) is 11.3 Å². The van der Waals surface area contributed by atoms with E-state index in [0.717, 1.165) is 12.1 Å². The normalized spacial score (nSPS) is 10.9. The molecule has 3 rings (SSSR count). The van der Waals surface area contributed by atoms with Crippen molar-refractivity contribution >= 4 is 16.7 Å². The Morgan fingerprint density at radius 1 is 1.26 bits per heavy atom. The van der Waals surface area contributed by atoms with Crippen LogP contribution in [0.25, 0.3) is 10.9 Å². The topological polar surface area (TPSA) is 76.9 Å². The van der Waals surface area contributed by atoms with E-state index < -0.39 is 11.6 Å². The summed E-state index contributed by atoms with van der Waals surface area (Å²) in [6.07, 6.45) is 0. The Balaban J connectivity index is 2.11. The largest absolute Gasteiger partial charge is 0.497 e. The average molecular weight is 316 g/mol. The van der Waals surface area contributed by atoms with E-state index in [9.17, 15) is 8.78 Å². The number of benzene rings is 2. The Morgan fingerprint density at radius 3 is 2.52 bits per heavy atom. The van der Waals surface area contributed by atoms with Crippen molar-refractivity contribution in [1.29, 1.82) is 5.41 Å². The van der Waals surface area contributed by atoms with Crippen molar-refractivity contribution in [2.24, 2.45) is 5.73 Å². The van der Waals surface area contributed by atoms with Crippen LogP contribution in [0.3, 0.4) is 0 Å². The number of aromatic nitrogens is 2. The molecule has 0 radical (unpaired) electrons. The van der Waals surface area contributed by atoms with E-state index in [1.807, 2.05) is 0 Å². The van der Waals surface area contributed by atoms with E-state index in [1.54, 1.807) is 24.3 Å². The van der Waals surface area contributed by atoms with Gasteiger partial charge in [0, 0.05) is 23.1 Å². The zero-order chi connectivity index (χ0) is 16.6. The smallest absolute Gasteiger partial charge is 0.144 e. The number of halogens is 2. The zero-order valence-corrected chi connectivity index (χ0v) is 12.3. The lowest BCUT2D eigenvalue weighted by atomic mass is 10.1. The number of nitrogens with one attached hydrogen (secondary N) is 1. The molecule has 1 heterocycles. The molecule has 118 valence electrons. The van der Waals surface area contributed by atoms with E-state index in [0.29, 0.717) is 10.9 Å². The van der Waals surface area contributed by atoms with Gasteiger partial charge in [-0.25, -0.2) is 8.78 Å².